The average Bonchev–Trinajstić information content (AvgIpc) is 2.59. The number of amides is 1. The molecule has 0 atom stereocenters. The van der Waals surface area contributed by atoms with Crippen molar-refractivity contribution >= 4 is 29.0 Å². The molecule has 7 nitrogen and oxygen atoms in total. The monoisotopic (exact) mass is 374 g/mol. The molecule has 134 valence electrons. The molecule has 9 heteroatoms. The molecule has 1 aromatic carbocycles. The third kappa shape index (κ3) is 4.15. The van der Waals surface area contributed by atoms with E-state index >= 15 is 0 Å². The Labute approximate surface area is 153 Å². The van der Waals surface area contributed by atoms with Crippen LogP contribution in [0.4, 0.5) is 15.8 Å². The van der Waals surface area contributed by atoms with Crippen LogP contribution in [0.2, 0.25) is 0 Å². The highest BCUT2D eigenvalue weighted by Crippen LogP contribution is 2.27. The molecule has 0 aliphatic heterocycles. The molecule has 1 N–H and O–H groups in total. The van der Waals surface area contributed by atoms with E-state index in [-0.39, 0.29) is 11.4 Å². The third-order valence-electron chi connectivity index (χ3n) is 3.84. The summed E-state index contributed by atoms with van der Waals surface area (Å²) in [6.07, 6.45) is 0. The van der Waals surface area contributed by atoms with Crippen LogP contribution in [0.5, 0.6) is 0 Å². The molecule has 0 aliphatic carbocycles. The second kappa shape index (κ2) is 7.93. The Balaban J connectivity index is 2.12. The highest BCUT2D eigenvalue weighted by atomic mass is 32.2. The molecule has 0 spiro atoms. The minimum atomic E-state index is -0.976. The van der Waals surface area contributed by atoms with Crippen molar-refractivity contribution in [2.45, 2.75) is 25.8 Å². The zero-order valence-corrected chi connectivity index (χ0v) is 15.1. The number of carbonyl (C=O) groups excluding carboxylic acids is 1. The number of nitro groups is 1. The summed E-state index contributed by atoms with van der Waals surface area (Å²) < 4.78 is 13.3. The van der Waals surface area contributed by atoms with Crippen LogP contribution >= 0.6 is 11.8 Å². The number of nitrogens with one attached hydrogen (secondary N) is 1. The van der Waals surface area contributed by atoms with Crippen LogP contribution in [0.15, 0.2) is 23.2 Å². The van der Waals surface area contributed by atoms with Crippen molar-refractivity contribution in [2.24, 2.45) is 0 Å². The van der Waals surface area contributed by atoms with Gasteiger partial charge in [-0.25, -0.2) is 4.98 Å². The standard InChI is InChI=1S/C17H15FN4O3S/c1-9-10(2)13(7-19)17(20-11(9)3)26-8-16(23)21-12-4-5-14(18)15(6-12)22(24)25/h4-6H,8H2,1-3H3,(H,21,23). The molecule has 0 fully saturated rings. The lowest BCUT2D eigenvalue weighted by molar-refractivity contribution is -0.387. The van der Waals surface area contributed by atoms with Gasteiger partial charge in [-0.05, 0) is 44.0 Å². The van der Waals surface area contributed by atoms with Gasteiger partial charge in [-0.1, -0.05) is 11.8 Å². The van der Waals surface area contributed by atoms with Gasteiger partial charge < -0.3 is 5.32 Å². The Bertz CT molecular complexity index is 941. The summed E-state index contributed by atoms with van der Waals surface area (Å²) in [6, 6.07) is 5.21. The van der Waals surface area contributed by atoms with Gasteiger partial charge in [0, 0.05) is 17.4 Å². The van der Waals surface area contributed by atoms with Crippen LogP contribution in [0, 0.1) is 48.0 Å². The highest BCUT2D eigenvalue weighted by Gasteiger charge is 2.17. The van der Waals surface area contributed by atoms with Gasteiger partial charge in [0.25, 0.3) is 0 Å². The predicted octanol–water partition coefficient (Wildman–Crippen LogP) is 3.66. The number of rotatable bonds is 5. The van der Waals surface area contributed by atoms with Crippen LogP contribution in [0.1, 0.15) is 22.4 Å². The first kappa shape index (κ1) is 19.3. The number of pyridine rings is 1. The van der Waals surface area contributed by atoms with Gasteiger partial charge in [0.2, 0.25) is 11.7 Å². The van der Waals surface area contributed by atoms with E-state index in [9.17, 15) is 24.6 Å². The SMILES string of the molecule is Cc1nc(SCC(=O)Nc2ccc(F)c([N+](=O)[O-])c2)c(C#N)c(C)c1C. The van der Waals surface area contributed by atoms with E-state index in [1.807, 2.05) is 20.8 Å². The topological polar surface area (TPSA) is 109 Å². The molecular weight excluding hydrogens is 359 g/mol. The maximum absolute atomic E-state index is 13.3. The fourth-order valence-corrected chi connectivity index (χ4v) is 3.09. The van der Waals surface area contributed by atoms with Gasteiger partial charge in [-0.2, -0.15) is 9.65 Å². The van der Waals surface area contributed by atoms with Crippen molar-refractivity contribution in [1.29, 1.82) is 5.26 Å². The van der Waals surface area contributed by atoms with Gasteiger partial charge >= 0.3 is 5.69 Å². The number of hydrogen-bond donors (Lipinski definition) is 1. The number of aromatic nitrogens is 1. The number of aryl methyl sites for hydroxylation is 1. The minimum absolute atomic E-state index is 0.0468. The van der Waals surface area contributed by atoms with Gasteiger partial charge in [0.1, 0.15) is 11.1 Å². The molecule has 1 amide bonds. The molecule has 1 aromatic heterocycles. The van der Waals surface area contributed by atoms with E-state index in [0.717, 1.165) is 40.7 Å². The van der Waals surface area contributed by atoms with E-state index in [4.69, 9.17) is 0 Å². The fourth-order valence-electron chi connectivity index (χ4n) is 2.21. The molecule has 0 saturated carbocycles. The van der Waals surface area contributed by atoms with E-state index in [0.29, 0.717) is 10.6 Å². The minimum Gasteiger partial charge on any atom is -0.325 e. The number of nitriles is 1. The van der Waals surface area contributed by atoms with Crippen molar-refractivity contribution < 1.29 is 14.1 Å². The number of benzene rings is 1. The third-order valence-corrected chi connectivity index (χ3v) is 4.82. The van der Waals surface area contributed by atoms with E-state index in [2.05, 4.69) is 16.4 Å². The highest BCUT2D eigenvalue weighted by molar-refractivity contribution is 8.00. The van der Waals surface area contributed by atoms with Crippen LogP contribution in [0.25, 0.3) is 0 Å². The predicted molar refractivity (Wildman–Crippen MR) is 95.6 cm³/mol. The van der Waals surface area contributed by atoms with Crippen molar-refractivity contribution in [1.82, 2.24) is 4.98 Å². The van der Waals surface area contributed by atoms with Crippen LogP contribution in [-0.4, -0.2) is 21.6 Å². The Morgan fingerprint density at radius 1 is 1.38 bits per heavy atom. The molecule has 26 heavy (non-hydrogen) atoms. The lowest BCUT2D eigenvalue weighted by Gasteiger charge is -2.11. The van der Waals surface area contributed by atoms with Crippen molar-refractivity contribution in [3.05, 3.63) is 56.5 Å². The smallest absolute Gasteiger partial charge is 0.306 e. The summed E-state index contributed by atoms with van der Waals surface area (Å²) >= 11 is 1.10. The number of carbonyl (C=O) groups is 1. The molecule has 1 heterocycles. The van der Waals surface area contributed by atoms with Crippen LogP contribution in [0.3, 0.4) is 0 Å². The number of thioether (sulfide) groups is 1. The molecule has 0 radical (unpaired) electrons. The quantitative estimate of drug-likeness (QED) is 0.486. The van der Waals surface area contributed by atoms with E-state index in [1.54, 1.807) is 0 Å². The molecule has 2 rings (SSSR count). The Hall–Kier alpha value is -2.99. The summed E-state index contributed by atoms with van der Waals surface area (Å²) in [7, 11) is 0. The van der Waals surface area contributed by atoms with Crippen LogP contribution < -0.4 is 5.32 Å². The van der Waals surface area contributed by atoms with E-state index in [1.165, 1.54) is 6.07 Å². The molecule has 0 saturated heterocycles. The summed E-state index contributed by atoms with van der Waals surface area (Å²) in [5.41, 5.74) is 2.34. The number of nitro benzene ring substituents is 1. The van der Waals surface area contributed by atoms with Crippen LogP contribution in [-0.2, 0) is 4.79 Å². The summed E-state index contributed by atoms with van der Waals surface area (Å²) in [5.74, 6) is -1.47. The number of nitrogens with zero attached hydrogens (tertiary/aromatic N) is 3. The van der Waals surface area contributed by atoms with Crippen molar-refractivity contribution in [3.63, 3.8) is 0 Å². The maximum atomic E-state index is 13.3. The normalized spacial score (nSPS) is 10.3. The second-order valence-corrected chi connectivity index (χ2v) is 6.46. The molecule has 2 aromatic rings. The second-order valence-electron chi connectivity index (χ2n) is 5.50. The summed E-state index contributed by atoms with van der Waals surface area (Å²) in [4.78, 5) is 26.3. The Morgan fingerprint density at radius 3 is 2.69 bits per heavy atom. The number of hydrogen-bond acceptors (Lipinski definition) is 6. The fraction of sp³-hybridized carbons (Fsp3) is 0.235. The first-order valence-corrected chi connectivity index (χ1v) is 8.47. The Kier molecular flexibility index (Phi) is 5.90. The first-order chi connectivity index (χ1) is 12.2. The lowest BCUT2D eigenvalue weighted by atomic mass is 10.1. The zero-order valence-electron chi connectivity index (χ0n) is 14.3. The van der Waals surface area contributed by atoms with Crippen molar-refractivity contribution in [3.8, 4) is 6.07 Å². The van der Waals surface area contributed by atoms with Gasteiger partial charge in [-0.3, -0.25) is 14.9 Å². The summed E-state index contributed by atoms with van der Waals surface area (Å²) in [5, 5.41) is 23.0. The number of anilines is 1. The first-order valence-electron chi connectivity index (χ1n) is 7.49. The largest absolute Gasteiger partial charge is 0.325 e. The van der Waals surface area contributed by atoms with Gasteiger partial charge in [0.05, 0.1) is 16.2 Å². The average molecular weight is 374 g/mol. The molecule has 0 unspecified atom stereocenters. The van der Waals surface area contributed by atoms with E-state index < -0.39 is 22.3 Å². The number of halogens is 1. The molecule has 0 aliphatic rings. The van der Waals surface area contributed by atoms with Crippen molar-refractivity contribution in [2.75, 3.05) is 11.1 Å². The zero-order chi connectivity index (χ0) is 19.4. The summed E-state index contributed by atoms with van der Waals surface area (Å²) in [6.45, 7) is 5.52. The maximum Gasteiger partial charge on any atom is 0.306 e. The molecule has 0 bridgehead atoms. The lowest BCUT2D eigenvalue weighted by Crippen LogP contribution is -2.15. The van der Waals surface area contributed by atoms with Gasteiger partial charge in [-0.15, -0.1) is 0 Å². The van der Waals surface area contributed by atoms with Gasteiger partial charge in [0.15, 0.2) is 0 Å². The molecular formula is C17H15FN4O3S. The Morgan fingerprint density at radius 2 is 2.08 bits per heavy atom.